The number of aliphatic hydroxyl groups is 1. The second-order valence-electron chi connectivity index (χ2n) is 2.28. The standard InChI is InChI=1S/C9H11NO2/c1-3-7-4-9(12-2)8(6-11)10-5-7/h3-5,11H,1,6H2,2H3. The van der Waals surface area contributed by atoms with Crippen molar-refractivity contribution in [1.29, 1.82) is 0 Å². The summed E-state index contributed by atoms with van der Waals surface area (Å²) >= 11 is 0. The van der Waals surface area contributed by atoms with Crippen LogP contribution in [0.25, 0.3) is 6.08 Å². The molecule has 0 aliphatic carbocycles. The molecule has 0 radical (unpaired) electrons. The highest BCUT2D eigenvalue weighted by molar-refractivity contribution is 5.49. The summed E-state index contributed by atoms with van der Waals surface area (Å²) in [5.41, 5.74) is 1.42. The molecule has 1 aromatic heterocycles. The van der Waals surface area contributed by atoms with Gasteiger partial charge in [0, 0.05) is 6.20 Å². The van der Waals surface area contributed by atoms with E-state index in [0.717, 1.165) is 5.56 Å². The van der Waals surface area contributed by atoms with Crippen molar-refractivity contribution in [2.45, 2.75) is 6.61 Å². The van der Waals surface area contributed by atoms with Gasteiger partial charge in [-0.1, -0.05) is 12.7 Å². The largest absolute Gasteiger partial charge is 0.495 e. The molecule has 0 aliphatic heterocycles. The number of nitrogens with zero attached hydrogens (tertiary/aromatic N) is 1. The van der Waals surface area contributed by atoms with Crippen LogP contribution in [-0.4, -0.2) is 17.2 Å². The van der Waals surface area contributed by atoms with E-state index in [0.29, 0.717) is 11.4 Å². The predicted octanol–water partition coefficient (Wildman–Crippen LogP) is 1.23. The van der Waals surface area contributed by atoms with Gasteiger partial charge in [0.25, 0.3) is 0 Å². The smallest absolute Gasteiger partial charge is 0.143 e. The minimum absolute atomic E-state index is 0.111. The Morgan fingerprint density at radius 3 is 3.00 bits per heavy atom. The molecule has 0 bridgehead atoms. The van der Waals surface area contributed by atoms with E-state index in [-0.39, 0.29) is 6.61 Å². The number of hydrogen-bond acceptors (Lipinski definition) is 3. The van der Waals surface area contributed by atoms with Crippen LogP contribution >= 0.6 is 0 Å². The van der Waals surface area contributed by atoms with Crippen LogP contribution in [0, 0.1) is 0 Å². The number of ether oxygens (including phenoxy) is 1. The molecule has 0 aromatic carbocycles. The van der Waals surface area contributed by atoms with Gasteiger partial charge in [0.1, 0.15) is 11.4 Å². The van der Waals surface area contributed by atoms with Crippen molar-refractivity contribution < 1.29 is 9.84 Å². The summed E-state index contributed by atoms with van der Waals surface area (Å²) in [7, 11) is 1.54. The maximum absolute atomic E-state index is 8.84. The lowest BCUT2D eigenvalue weighted by atomic mass is 10.2. The molecule has 1 aromatic rings. The van der Waals surface area contributed by atoms with Crippen LogP contribution in [-0.2, 0) is 6.61 Å². The first-order valence-electron chi connectivity index (χ1n) is 3.58. The highest BCUT2D eigenvalue weighted by Gasteiger charge is 2.02. The first-order chi connectivity index (χ1) is 5.81. The maximum Gasteiger partial charge on any atom is 0.143 e. The van der Waals surface area contributed by atoms with Crippen LogP contribution in [0.3, 0.4) is 0 Å². The van der Waals surface area contributed by atoms with Gasteiger partial charge in [0.15, 0.2) is 0 Å². The first-order valence-corrected chi connectivity index (χ1v) is 3.58. The molecule has 0 atom stereocenters. The third kappa shape index (κ3) is 1.62. The van der Waals surface area contributed by atoms with Gasteiger partial charge in [-0.25, -0.2) is 0 Å². The Morgan fingerprint density at radius 1 is 1.75 bits per heavy atom. The number of pyridine rings is 1. The second-order valence-corrected chi connectivity index (χ2v) is 2.28. The van der Waals surface area contributed by atoms with E-state index in [1.54, 1.807) is 25.4 Å². The fourth-order valence-corrected chi connectivity index (χ4v) is 0.895. The molecular weight excluding hydrogens is 154 g/mol. The molecule has 0 fully saturated rings. The van der Waals surface area contributed by atoms with Crippen molar-refractivity contribution in [2.75, 3.05) is 7.11 Å². The molecule has 0 saturated carbocycles. The topological polar surface area (TPSA) is 42.4 Å². The van der Waals surface area contributed by atoms with Crippen molar-refractivity contribution in [3.05, 3.63) is 30.1 Å². The Bertz CT molecular complexity index is 284. The van der Waals surface area contributed by atoms with E-state index in [1.165, 1.54) is 0 Å². The Kier molecular flexibility index (Phi) is 2.82. The highest BCUT2D eigenvalue weighted by atomic mass is 16.5. The molecule has 12 heavy (non-hydrogen) atoms. The molecule has 64 valence electrons. The lowest BCUT2D eigenvalue weighted by Gasteiger charge is -2.05. The summed E-state index contributed by atoms with van der Waals surface area (Å²) < 4.78 is 5.01. The summed E-state index contributed by atoms with van der Waals surface area (Å²) in [6.45, 7) is 3.49. The molecule has 1 heterocycles. The van der Waals surface area contributed by atoms with Crippen molar-refractivity contribution >= 4 is 6.08 Å². The zero-order valence-corrected chi connectivity index (χ0v) is 6.95. The second kappa shape index (κ2) is 3.88. The van der Waals surface area contributed by atoms with Crippen LogP contribution in [0.2, 0.25) is 0 Å². The Balaban J connectivity index is 3.10. The number of methoxy groups -OCH3 is 1. The Labute approximate surface area is 71.3 Å². The van der Waals surface area contributed by atoms with Gasteiger partial charge in [0.05, 0.1) is 13.7 Å². The van der Waals surface area contributed by atoms with Crippen LogP contribution in [0.5, 0.6) is 5.75 Å². The minimum Gasteiger partial charge on any atom is -0.495 e. The van der Waals surface area contributed by atoms with Gasteiger partial charge in [-0.3, -0.25) is 4.98 Å². The first kappa shape index (κ1) is 8.74. The number of hydrogen-bond donors (Lipinski definition) is 1. The lowest BCUT2D eigenvalue weighted by Crippen LogP contribution is -1.95. The predicted molar refractivity (Wildman–Crippen MR) is 46.8 cm³/mol. The number of rotatable bonds is 3. The third-order valence-electron chi connectivity index (χ3n) is 1.56. The summed E-state index contributed by atoms with van der Waals surface area (Å²) in [5, 5.41) is 8.84. The van der Waals surface area contributed by atoms with Crippen molar-refractivity contribution in [1.82, 2.24) is 4.98 Å². The van der Waals surface area contributed by atoms with Crippen molar-refractivity contribution in [2.24, 2.45) is 0 Å². The molecule has 0 saturated heterocycles. The summed E-state index contributed by atoms with van der Waals surface area (Å²) in [5.74, 6) is 0.593. The fourth-order valence-electron chi connectivity index (χ4n) is 0.895. The molecule has 1 rings (SSSR count). The Morgan fingerprint density at radius 2 is 2.50 bits per heavy atom. The summed E-state index contributed by atoms with van der Waals surface area (Å²) in [4.78, 5) is 3.99. The SMILES string of the molecule is C=Cc1cnc(CO)c(OC)c1. The van der Waals surface area contributed by atoms with E-state index in [9.17, 15) is 0 Å². The molecule has 0 aliphatic rings. The monoisotopic (exact) mass is 165 g/mol. The van der Waals surface area contributed by atoms with Crippen LogP contribution in [0.1, 0.15) is 11.3 Å². The van der Waals surface area contributed by atoms with E-state index in [2.05, 4.69) is 11.6 Å². The molecule has 3 heteroatoms. The lowest BCUT2D eigenvalue weighted by molar-refractivity contribution is 0.268. The van der Waals surface area contributed by atoms with Gasteiger partial charge >= 0.3 is 0 Å². The molecule has 0 amide bonds. The highest BCUT2D eigenvalue weighted by Crippen LogP contribution is 2.17. The van der Waals surface area contributed by atoms with Crippen LogP contribution in [0.15, 0.2) is 18.8 Å². The molecule has 0 spiro atoms. The number of aliphatic hydroxyl groups excluding tert-OH is 1. The fraction of sp³-hybridized carbons (Fsp3) is 0.222. The van der Waals surface area contributed by atoms with Gasteiger partial charge < -0.3 is 9.84 Å². The van der Waals surface area contributed by atoms with Gasteiger partial charge in [-0.05, 0) is 11.6 Å². The molecule has 3 nitrogen and oxygen atoms in total. The van der Waals surface area contributed by atoms with E-state index >= 15 is 0 Å². The number of aromatic nitrogens is 1. The normalized spacial score (nSPS) is 9.50. The zero-order valence-electron chi connectivity index (χ0n) is 6.95. The molecule has 1 N–H and O–H groups in total. The Hall–Kier alpha value is -1.35. The minimum atomic E-state index is -0.111. The van der Waals surface area contributed by atoms with Crippen molar-refractivity contribution in [3.63, 3.8) is 0 Å². The quantitative estimate of drug-likeness (QED) is 0.732. The average Bonchev–Trinajstić information content (AvgIpc) is 2.16. The van der Waals surface area contributed by atoms with E-state index < -0.39 is 0 Å². The molecule has 0 unspecified atom stereocenters. The summed E-state index contributed by atoms with van der Waals surface area (Å²) in [6, 6.07) is 1.78. The van der Waals surface area contributed by atoms with Gasteiger partial charge in [0.2, 0.25) is 0 Å². The van der Waals surface area contributed by atoms with Crippen LogP contribution in [0.4, 0.5) is 0 Å². The van der Waals surface area contributed by atoms with Gasteiger partial charge in [-0.2, -0.15) is 0 Å². The summed E-state index contributed by atoms with van der Waals surface area (Å²) in [6.07, 6.45) is 3.32. The third-order valence-corrected chi connectivity index (χ3v) is 1.56. The van der Waals surface area contributed by atoms with Crippen LogP contribution < -0.4 is 4.74 Å². The molecular formula is C9H11NO2. The van der Waals surface area contributed by atoms with E-state index in [4.69, 9.17) is 9.84 Å². The maximum atomic E-state index is 8.84. The van der Waals surface area contributed by atoms with Gasteiger partial charge in [-0.15, -0.1) is 0 Å². The van der Waals surface area contributed by atoms with Crippen molar-refractivity contribution in [3.8, 4) is 5.75 Å². The average molecular weight is 165 g/mol. The zero-order chi connectivity index (χ0) is 8.97. The van der Waals surface area contributed by atoms with E-state index in [1.807, 2.05) is 0 Å².